The zero-order valence-corrected chi connectivity index (χ0v) is 11.3. The number of halogens is 1. The molecule has 0 radical (unpaired) electrons. The van der Waals surface area contributed by atoms with Crippen LogP contribution in [0.25, 0.3) is 0 Å². The van der Waals surface area contributed by atoms with Gasteiger partial charge in [0.1, 0.15) is 0 Å². The Morgan fingerprint density at radius 2 is 2.12 bits per heavy atom. The van der Waals surface area contributed by atoms with Crippen LogP contribution >= 0.6 is 15.9 Å². The lowest BCUT2D eigenvalue weighted by Gasteiger charge is -2.12. The Balaban J connectivity index is 2.86. The predicted octanol–water partition coefficient (Wildman–Crippen LogP) is 2.04. The summed E-state index contributed by atoms with van der Waals surface area (Å²) in [5.41, 5.74) is 7.26. The molecule has 0 aliphatic carbocycles. The molecule has 1 aromatic rings. The molecular formula is C12H17BrN2O. The van der Waals surface area contributed by atoms with Crippen LogP contribution in [0, 0.1) is 0 Å². The van der Waals surface area contributed by atoms with Crippen molar-refractivity contribution in [1.29, 1.82) is 0 Å². The second kappa shape index (κ2) is 6.13. The molecule has 0 saturated heterocycles. The van der Waals surface area contributed by atoms with Crippen LogP contribution in [-0.2, 0) is 6.54 Å². The average molecular weight is 285 g/mol. The number of nitrogens with two attached hydrogens (primary N) is 1. The molecule has 0 amide bonds. The maximum atomic E-state index is 11.6. The van der Waals surface area contributed by atoms with E-state index in [1.54, 1.807) is 0 Å². The van der Waals surface area contributed by atoms with E-state index in [0.29, 0.717) is 13.0 Å². The molecule has 0 bridgehead atoms. The van der Waals surface area contributed by atoms with Gasteiger partial charge in [-0.15, -0.1) is 0 Å². The van der Waals surface area contributed by atoms with E-state index in [2.05, 4.69) is 20.8 Å². The van der Waals surface area contributed by atoms with Gasteiger partial charge in [0.25, 0.3) is 0 Å². The summed E-state index contributed by atoms with van der Waals surface area (Å²) in [5, 5.41) is 0. The third kappa shape index (κ3) is 3.70. The van der Waals surface area contributed by atoms with Crippen molar-refractivity contribution in [2.75, 3.05) is 20.6 Å². The van der Waals surface area contributed by atoms with Gasteiger partial charge in [-0.3, -0.25) is 4.79 Å². The van der Waals surface area contributed by atoms with Crippen LogP contribution in [-0.4, -0.2) is 31.3 Å². The van der Waals surface area contributed by atoms with Gasteiger partial charge in [-0.25, -0.2) is 0 Å². The van der Waals surface area contributed by atoms with E-state index in [-0.39, 0.29) is 5.78 Å². The summed E-state index contributed by atoms with van der Waals surface area (Å²) >= 11 is 3.48. The second-order valence-electron chi connectivity index (χ2n) is 4.01. The summed E-state index contributed by atoms with van der Waals surface area (Å²) in [4.78, 5) is 13.7. The monoisotopic (exact) mass is 284 g/mol. The quantitative estimate of drug-likeness (QED) is 0.842. The fraction of sp³-hybridized carbons (Fsp3) is 0.417. The van der Waals surface area contributed by atoms with Crippen LogP contribution < -0.4 is 5.73 Å². The summed E-state index contributed by atoms with van der Waals surface area (Å²) in [5.74, 6) is 0.0969. The lowest BCUT2D eigenvalue weighted by atomic mass is 10.1. The Morgan fingerprint density at radius 3 is 2.62 bits per heavy atom. The predicted molar refractivity (Wildman–Crippen MR) is 69.5 cm³/mol. The zero-order valence-electron chi connectivity index (χ0n) is 9.66. The molecule has 1 rings (SSSR count). The maximum Gasteiger partial charge on any atom is 0.164 e. The first-order valence-electron chi connectivity index (χ1n) is 5.21. The SMILES string of the molecule is CN(C)Cc1ccc(C(=O)CCN)cc1Br. The molecule has 0 spiro atoms. The van der Waals surface area contributed by atoms with Crippen molar-refractivity contribution in [3.63, 3.8) is 0 Å². The minimum absolute atomic E-state index is 0.0969. The van der Waals surface area contributed by atoms with Crippen molar-refractivity contribution in [3.05, 3.63) is 33.8 Å². The Labute approximate surface area is 105 Å². The topological polar surface area (TPSA) is 46.3 Å². The molecule has 4 heteroatoms. The molecule has 0 aromatic heterocycles. The Bertz CT molecular complexity index is 377. The number of hydrogen-bond acceptors (Lipinski definition) is 3. The second-order valence-corrected chi connectivity index (χ2v) is 4.86. The molecule has 88 valence electrons. The molecule has 2 N–H and O–H groups in total. The number of hydrogen-bond donors (Lipinski definition) is 1. The molecule has 0 aliphatic rings. The molecule has 0 saturated carbocycles. The molecule has 0 fully saturated rings. The van der Waals surface area contributed by atoms with Gasteiger partial charge in [-0.05, 0) is 32.3 Å². The Kier molecular flexibility index (Phi) is 5.12. The van der Waals surface area contributed by atoms with Crippen LogP contribution in [0.2, 0.25) is 0 Å². The number of Topliss-reactive ketones (excluding diaryl/α,β-unsaturated/α-hetero) is 1. The summed E-state index contributed by atoms with van der Waals surface area (Å²) in [6.45, 7) is 1.25. The lowest BCUT2D eigenvalue weighted by Crippen LogP contribution is -2.12. The molecule has 0 heterocycles. The van der Waals surface area contributed by atoms with Crippen molar-refractivity contribution in [2.24, 2.45) is 5.73 Å². The number of nitrogens with zero attached hydrogens (tertiary/aromatic N) is 1. The van der Waals surface area contributed by atoms with Crippen LogP contribution in [0.3, 0.4) is 0 Å². The number of benzene rings is 1. The van der Waals surface area contributed by atoms with Gasteiger partial charge in [0.2, 0.25) is 0 Å². The summed E-state index contributed by atoms with van der Waals surface area (Å²) in [7, 11) is 4.03. The number of carbonyl (C=O) groups excluding carboxylic acids is 1. The van der Waals surface area contributed by atoms with E-state index in [4.69, 9.17) is 5.73 Å². The first kappa shape index (κ1) is 13.4. The van der Waals surface area contributed by atoms with E-state index in [1.165, 1.54) is 5.56 Å². The highest BCUT2D eigenvalue weighted by Gasteiger charge is 2.08. The first-order valence-corrected chi connectivity index (χ1v) is 6.00. The molecule has 3 nitrogen and oxygen atoms in total. The molecule has 0 unspecified atom stereocenters. The summed E-state index contributed by atoms with van der Waals surface area (Å²) in [6.07, 6.45) is 0.402. The van der Waals surface area contributed by atoms with E-state index in [9.17, 15) is 4.79 Å². The van der Waals surface area contributed by atoms with Gasteiger partial charge < -0.3 is 10.6 Å². The van der Waals surface area contributed by atoms with E-state index in [1.807, 2.05) is 32.3 Å². The smallest absolute Gasteiger partial charge is 0.164 e. The normalized spacial score (nSPS) is 10.8. The van der Waals surface area contributed by atoms with Crippen LogP contribution in [0.1, 0.15) is 22.3 Å². The molecule has 0 atom stereocenters. The Morgan fingerprint density at radius 1 is 1.44 bits per heavy atom. The van der Waals surface area contributed by atoms with Crippen molar-refractivity contribution >= 4 is 21.7 Å². The molecule has 1 aromatic carbocycles. The lowest BCUT2D eigenvalue weighted by molar-refractivity contribution is 0.0985. The average Bonchev–Trinajstić information content (AvgIpc) is 2.20. The molecule has 0 aliphatic heterocycles. The van der Waals surface area contributed by atoms with E-state index in [0.717, 1.165) is 16.6 Å². The van der Waals surface area contributed by atoms with Crippen LogP contribution in [0.15, 0.2) is 22.7 Å². The maximum absolute atomic E-state index is 11.6. The van der Waals surface area contributed by atoms with Crippen LogP contribution in [0.5, 0.6) is 0 Å². The third-order valence-corrected chi connectivity index (χ3v) is 2.97. The van der Waals surface area contributed by atoms with Gasteiger partial charge >= 0.3 is 0 Å². The highest BCUT2D eigenvalue weighted by molar-refractivity contribution is 9.10. The summed E-state index contributed by atoms with van der Waals surface area (Å²) < 4.78 is 0.976. The van der Waals surface area contributed by atoms with Crippen molar-refractivity contribution in [1.82, 2.24) is 4.90 Å². The number of rotatable bonds is 5. The van der Waals surface area contributed by atoms with E-state index < -0.39 is 0 Å². The van der Waals surface area contributed by atoms with E-state index >= 15 is 0 Å². The highest BCUT2D eigenvalue weighted by atomic mass is 79.9. The number of ketones is 1. The van der Waals surface area contributed by atoms with Crippen LogP contribution in [0.4, 0.5) is 0 Å². The van der Waals surface area contributed by atoms with Gasteiger partial charge in [-0.1, -0.05) is 28.1 Å². The summed E-state index contributed by atoms with van der Waals surface area (Å²) in [6, 6.07) is 5.71. The fourth-order valence-electron chi connectivity index (χ4n) is 1.47. The van der Waals surface area contributed by atoms with Gasteiger partial charge in [-0.2, -0.15) is 0 Å². The van der Waals surface area contributed by atoms with Gasteiger partial charge in [0.15, 0.2) is 5.78 Å². The highest BCUT2D eigenvalue weighted by Crippen LogP contribution is 2.20. The third-order valence-electron chi connectivity index (χ3n) is 2.23. The number of carbonyl (C=O) groups is 1. The fourth-order valence-corrected chi connectivity index (χ4v) is 1.97. The van der Waals surface area contributed by atoms with Crippen molar-refractivity contribution in [3.8, 4) is 0 Å². The van der Waals surface area contributed by atoms with Gasteiger partial charge in [0.05, 0.1) is 0 Å². The van der Waals surface area contributed by atoms with Crippen molar-refractivity contribution in [2.45, 2.75) is 13.0 Å². The zero-order chi connectivity index (χ0) is 12.1. The largest absolute Gasteiger partial charge is 0.330 e. The molecular weight excluding hydrogens is 268 g/mol. The minimum Gasteiger partial charge on any atom is -0.330 e. The standard InChI is InChI=1S/C12H17BrN2O/c1-15(2)8-10-4-3-9(7-11(10)13)12(16)5-6-14/h3-4,7H,5-6,8,14H2,1-2H3. The first-order chi connectivity index (χ1) is 7.54. The Hall–Kier alpha value is -0.710. The van der Waals surface area contributed by atoms with Crippen molar-refractivity contribution < 1.29 is 4.79 Å². The molecule has 16 heavy (non-hydrogen) atoms. The minimum atomic E-state index is 0.0969. The van der Waals surface area contributed by atoms with Gasteiger partial charge in [0, 0.05) is 23.0 Å².